The molecule has 0 atom stereocenters. The van der Waals surface area contributed by atoms with Gasteiger partial charge in [-0.3, -0.25) is 4.70 Å². The number of hydrogen-bond acceptors (Lipinski definition) is 0. The van der Waals surface area contributed by atoms with Crippen molar-refractivity contribution in [2.75, 3.05) is 0 Å². The molecular formula is H10FGaO3. The molecule has 0 aromatic rings. The molecule has 0 aliphatic carbocycles. The van der Waals surface area contributed by atoms with Gasteiger partial charge in [0.15, 0.2) is 0 Å². The van der Waals surface area contributed by atoms with Gasteiger partial charge < -0.3 is 16.4 Å². The molecule has 3 nitrogen and oxygen atoms in total. The second-order valence-electron chi connectivity index (χ2n) is 0. The summed E-state index contributed by atoms with van der Waals surface area (Å²) in [5, 5.41) is 0. The Morgan fingerprint density at radius 3 is 0.600 bits per heavy atom. The standard InChI is InChI=1S/FH.Ga.3H2O.3H/h1H;;3*1H2;;;. The van der Waals surface area contributed by atoms with Gasteiger partial charge in [0.05, 0.1) is 0 Å². The van der Waals surface area contributed by atoms with Crippen molar-refractivity contribution >= 4 is 19.8 Å². The summed E-state index contributed by atoms with van der Waals surface area (Å²) in [6.45, 7) is 0. The van der Waals surface area contributed by atoms with Gasteiger partial charge in [-0.2, -0.15) is 0 Å². The van der Waals surface area contributed by atoms with Crippen LogP contribution in [0.3, 0.4) is 0 Å². The van der Waals surface area contributed by atoms with Gasteiger partial charge >= 0.3 is 19.8 Å². The van der Waals surface area contributed by atoms with Crippen molar-refractivity contribution in [1.82, 2.24) is 0 Å². The van der Waals surface area contributed by atoms with Crippen LogP contribution in [-0.4, -0.2) is 36.2 Å². The molecule has 0 unspecified atom stereocenters. The Morgan fingerprint density at radius 1 is 0.600 bits per heavy atom. The molecule has 0 aromatic carbocycles. The van der Waals surface area contributed by atoms with Gasteiger partial charge in [0, 0.05) is 0 Å². The first-order chi connectivity index (χ1) is 0. The summed E-state index contributed by atoms with van der Waals surface area (Å²) in [7, 11) is 0. The third-order valence-electron chi connectivity index (χ3n) is 0. The zero-order valence-electron chi connectivity index (χ0n) is 1.91. The minimum atomic E-state index is 0. The van der Waals surface area contributed by atoms with Crippen LogP contribution in [0, 0.1) is 0 Å². The van der Waals surface area contributed by atoms with Crippen molar-refractivity contribution in [1.29, 1.82) is 0 Å². The van der Waals surface area contributed by atoms with Gasteiger partial charge in [-0.25, -0.2) is 0 Å². The molecule has 38 valence electrons. The minimum absolute atomic E-state index is 0. The predicted octanol–water partition coefficient (Wildman–Crippen LogP) is -3.51. The van der Waals surface area contributed by atoms with Crippen LogP contribution >= 0.6 is 0 Å². The molecule has 5 heteroatoms. The van der Waals surface area contributed by atoms with Crippen molar-refractivity contribution < 1.29 is 21.1 Å². The average Bonchev–Trinajstić information content (AvgIpc) is 0. The molecule has 6 N–H and O–H groups in total. The first kappa shape index (κ1) is 540. The van der Waals surface area contributed by atoms with Crippen molar-refractivity contribution in [2.45, 2.75) is 0 Å². The van der Waals surface area contributed by atoms with E-state index in [-0.39, 0.29) is 40.9 Å². The molecule has 0 rings (SSSR count). The Bertz CT molecular complexity index is 6.85. The fourth-order valence-electron chi connectivity index (χ4n) is 0. The molecule has 0 aliphatic rings. The number of halogens is 1. The molecule has 0 amide bonds. The summed E-state index contributed by atoms with van der Waals surface area (Å²) in [4.78, 5) is 0. The Hall–Kier alpha value is 0.446. The summed E-state index contributed by atoms with van der Waals surface area (Å²) < 4.78 is 0. The fraction of sp³-hybridized carbons (Fsp3) is 0. The Morgan fingerprint density at radius 2 is 0.600 bits per heavy atom. The predicted molar refractivity (Wildman–Crippen MR) is 23.3 cm³/mol. The van der Waals surface area contributed by atoms with E-state index in [1.54, 1.807) is 0 Å². The summed E-state index contributed by atoms with van der Waals surface area (Å²) in [6, 6.07) is 0. The van der Waals surface area contributed by atoms with Gasteiger partial charge in [-0.15, -0.1) is 0 Å². The first-order valence-corrected chi connectivity index (χ1v) is 0. The van der Waals surface area contributed by atoms with E-state index in [4.69, 9.17) is 0 Å². The van der Waals surface area contributed by atoms with E-state index in [0.717, 1.165) is 0 Å². The third-order valence-corrected chi connectivity index (χ3v) is 0. The molecule has 0 fully saturated rings. The van der Waals surface area contributed by atoms with Crippen LogP contribution in [-0.2, 0) is 0 Å². The van der Waals surface area contributed by atoms with Gasteiger partial charge in [0.1, 0.15) is 0 Å². The molecule has 0 saturated carbocycles. The van der Waals surface area contributed by atoms with Gasteiger partial charge in [0.2, 0.25) is 0 Å². The summed E-state index contributed by atoms with van der Waals surface area (Å²) in [6.07, 6.45) is 0. The maximum atomic E-state index is 0. The van der Waals surface area contributed by atoms with E-state index in [1.807, 2.05) is 0 Å². The van der Waals surface area contributed by atoms with E-state index in [1.165, 1.54) is 0 Å². The van der Waals surface area contributed by atoms with Crippen molar-refractivity contribution in [3.63, 3.8) is 0 Å². The van der Waals surface area contributed by atoms with Gasteiger partial charge in [-0.1, -0.05) is 0 Å². The monoisotopic (exact) mass is 146 g/mol. The molecule has 0 aromatic heterocycles. The van der Waals surface area contributed by atoms with E-state index >= 15 is 0 Å². The normalized spacial score (nSPS) is 0. The van der Waals surface area contributed by atoms with Crippen LogP contribution in [0.4, 0.5) is 4.70 Å². The molecule has 5 heavy (non-hydrogen) atoms. The Balaban J connectivity index is 0. The summed E-state index contributed by atoms with van der Waals surface area (Å²) >= 11 is 0. The van der Waals surface area contributed by atoms with Crippen LogP contribution in [0.5, 0.6) is 0 Å². The van der Waals surface area contributed by atoms with Crippen molar-refractivity contribution in [3.8, 4) is 0 Å². The van der Waals surface area contributed by atoms with E-state index in [2.05, 4.69) is 0 Å². The molecule has 0 spiro atoms. The SMILES string of the molecule is F.O.O.O.[GaH3]. The first-order valence-electron chi connectivity index (χ1n) is 0. The Labute approximate surface area is 41.7 Å². The topological polar surface area (TPSA) is 94.5 Å². The van der Waals surface area contributed by atoms with Crippen molar-refractivity contribution in [2.24, 2.45) is 0 Å². The Kier molecular flexibility index (Phi) is 28600. The van der Waals surface area contributed by atoms with Crippen LogP contribution < -0.4 is 0 Å². The van der Waals surface area contributed by atoms with Crippen LogP contribution in [0.1, 0.15) is 0 Å². The summed E-state index contributed by atoms with van der Waals surface area (Å²) in [5.74, 6) is 0. The average molecular weight is 147 g/mol. The number of rotatable bonds is 0. The molecular weight excluding hydrogens is 137 g/mol. The fourth-order valence-corrected chi connectivity index (χ4v) is 0. The number of hydrogen-bond donors (Lipinski definition) is 0. The molecule has 0 heterocycles. The summed E-state index contributed by atoms with van der Waals surface area (Å²) in [5.41, 5.74) is 0. The van der Waals surface area contributed by atoms with Crippen LogP contribution in [0.2, 0.25) is 0 Å². The quantitative estimate of drug-likeness (QED) is 0.317. The van der Waals surface area contributed by atoms with E-state index in [0.29, 0.717) is 0 Å². The van der Waals surface area contributed by atoms with Crippen LogP contribution in [0.25, 0.3) is 0 Å². The third kappa shape index (κ3) is 134. The zero-order chi connectivity index (χ0) is 0. The van der Waals surface area contributed by atoms with Crippen molar-refractivity contribution in [3.05, 3.63) is 0 Å². The van der Waals surface area contributed by atoms with E-state index < -0.39 is 0 Å². The van der Waals surface area contributed by atoms with Gasteiger partial charge in [0.25, 0.3) is 0 Å². The zero-order valence-corrected chi connectivity index (χ0v) is 1.91. The van der Waals surface area contributed by atoms with Crippen LogP contribution in [0.15, 0.2) is 0 Å². The second-order valence-corrected chi connectivity index (χ2v) is 0. The molecule has 0 radical (unpaired) electrons. The second kappa shape index (κ2) is 265. The van der Waals surface area contributed by atoms with E-state index in [9.17, 15) is 0 Å². The molecule has 0 aliphatic heterocycles. The molecule has 0 saturated heterocycles. The molecule has 0 bridgehead atoms. The maximum absolute atomic E-state index is 0. The van der Waals surface area contributed by atoms with Gasteiger partial charge in [-0.05, 0) is 0 Å².